The average Bonchev–Trinajstić information content (AvgIpc) is 3.13. The van der Waals surface area contributed by atoms with Crippen LogP contribution < -0.4 is 15.0 Å². The van der Waals surface area contributed by atoms with Crippen molar-refractivity contribution in [3.8, 4) is 11.4 Å². The maximum Gasteiger partial charge on any atom is 0.412 e. The van der Waals surface area contributed by atoms with Gasteiger partial charge < -0.3 is 15.0 Å². The first-order valence-electron chi connectivity index (χ1n) is 8.34. The average molecular weight is 388 g/mol. The van der Waals surface area contributed by atoms with Gasteiger partial charge in [0, 0.05) is 12.6 Å². The Morgan fingerprint density at radius 2 is 1.89 bits per heavy atom. The van der Waals surface area contributed by atoms with E-state index in [4.69, 9.17) is 16.3 Å². The number of hydrogen-bond acceptors (Lipinski definition) is 5. The van der Waals surface area contributed by atoms with Crippen LogP contribution in [0.5, 0.6) is 5.75 Å². The van der Waals surface area contributed by atoms with Crippen LogP contribution in [0.3, 0.4) is 0 Å². The summed E-state index contributed by atoms with van der Waals surface area (Å²) in [6, 6.07) is 14.4. The van der Waals surface area contributed by atoms with Crippen molar-refractivity contribution in [1.29, 1.82) is 0 Å². The lowest BCUT2D eigenvalue weighted by atomic mass is 10.1. The molecule has 0 aliphatic heterocycles. The fraction of sp³-hybridized carbons (Fsp3) is 0.222. The maximum atomic E-state index is 11.3. The van der Waals surface area contributed by atoms with Crippen LogP contribution in [-0.4, -0.2) is 47.4 Å². The molecule has 0 radical (unpaired) electrons. The van der Waals surface area contributed by atoms with Crippen molar-refractivity contribution in [3.05, 3.63) is 64.9 Å². The van der Waals surface area contributed by atoms with Gasteiger partial charge in [0.1, 0.15) is 5.75 Å². The molecule has 27 heavy (non-hydrogen) atoms. The van der Waals surface area contributed by atoms with Crippen molar-refractivity contribution in [1.82, 2.24) is 25.5 Å². The van der Waals surface area contributed by atoms with Gasteiger partial charge in [0.2, 0.25) is 5.82 Å². The van der Waals surface area contributed by atoms with Crippen LogP contribution in [-0.2, 0) is 0 Å². The fourth-order valence-electron chi connectivity index (χ4n) is 2.79. The lowest BCUT2D eigenvalue weighted by Gasteiger charge is -2.21. The Labute approximate surface area is 161 Å². The summed E-state index contributed by atoms with van der Waals surface area (Å²) >= 11 is 6.42. The van der Waals surface area contributed by atoms with Crippen LogP contribution in [0.1, 0.15) is 17.4 Å². The number of amides is 1. The second kappa shape index (κ2) is 8.15. The van der Waals surface area contributed by atoms with Crippen LogP contribution >= 0.6 is 11.6 Å². The van der Waals surface area contributed by atoms with Crippen molar-refractivity contribution in [2.45, 2.75) is 6.04 Å². The van der Waals surface area contributed by atoms with Gasteiger partial charge >= 0.3 is 6.09 Å². The number of nitrogens with zero attached hydrogens (tertiary/aromatic N) is 4. The quantitative estimate of drug-likeness (QED) is 0.688. The summed E-state index contributed by atoms with van der Waals surface area (Å²) in [5, 5.41) is 15.3. The van der Waals surface area contributed by atoms with Crippen molar-refractivity contribution in [2.75, 3.05) is 21.1 Å². The summed E-state index contributed by atoms with van der Waals surface area (Å²) in [5.74, 6) is 1.08. The summed E-state index contributed by atoms with van der Waals surface area (Å²) in [6.45, 7) is 0. The van der Waals surface area contributed by atoms with Crippen LogP contribution in [0.2, 0.25) is 5.02 Å². The first-order chi connectivity index (χ1) is 13.0. The fourth-order valence-corrected chi connectivity index (χ4v) is 3.03. The molecule has 2 N–H and O–H groups in total. The SMILES string of the molecule is CNC(=O)Oc1ccc(-n2nnnc2[C@@H](c2ccccc2Cl)[NH+](C)C)cc1. The van der Waals surface area contributed by atoms with Gasteiger partial charge in [0.25, 0.3) is 0 Å². The van der Waals surface area contributed by atoms with E-state index in [-0.39, 0.29) is 6.04 Å². The number of rotatable bonds is 5. The molecule has 3 rings (SSSR count). The molecule has 0 aliphatic carbocycles. The molecule has 1 heterocycles. The monoisotopic (exact) mass is 387 g/mol. The number of carbonyl (C=O) groups is 1. The van der Waals surface area contributed by atoms with Crippen molar-refractivity contribution >= 4 is 17.7 Å². The predicted molar refractivity (Wildman–Crippen MR) is 100 cm³/mol. The third-order valence-corrected chi connectivity index (χ3v) is 4.39. The molecule has 140 valence electrons. The number of halogens is 1. The topological polar surface area (TPSA) is 86.4 Å². The van der Waals surface area contributed by atoms with Crippen molar-refractivity contribution in [2.24, 2.45) is 0 Å². The van der Waals surface area contributed by atoms with E-state index in [1.54, 1.807) is 28.9 Å². The van der Waals surface area contributed by atoms with E-state index >= 15 is 0 Å². The van der Waals surface area contributed by atoms with E-state index in [9.17, 15) is 4.79 Å². The minimum absolute atomic E-state index is 0.157. The first-order valence-corrected chi connectivity index (χ1v) is 8.71. The molecule has 9 heteroatoms. The zero-order chi connectivity index (χ0) is 19.4. The Bertz CT molecular complexity index is 926. The molecule has 1 amide bonds. The van der Waals surface area contributed by atoms with Crippen LogP contribution in [0.4, 0.5) is 4.79 Å². The van der Waals surface area contributed by atoms with Crippen LogP contribution in [0.15, 0.2) is 48.5 Å². The molecule has 2 aromatic carbocycles. The highest BCUT2D eigenvalue weighted by molar-refractivity contribution is 6.31. The molecule has 0 saturated carbocycles. The highest BCUT2D eigenvalue weighted by Gasteiger charge is 2.29. The zero-order valence-corrected chi connectivity index (χ0v) is 15.9. The molecule has 0 bridgehead atoms. The largest absolute Gasteiger partial charge is 0.412 e. The van der Waals surface area contributed by atoms with Crippen molar-refractivity contribution in [3.63, 3.8) is 0 Å². The number of tetrazole rings is 1. The molecule has 3 aromatic rings. The number of carbonyl (C=O) groups excluding carboxylic acids is 1. The third-order valence-electron chi connectivity index (χ3n) is 4.04. The zero-order valence-electron chi connectivity index (χ0n) is 15.2. The summed E-state index contributed by atoms with van der Waals surface area (Å²) in [4.78, 5) is 12.4. The molecular weight excluding hydrogens is 368 g/mol. The van der Waals surface area contributed by atoms with E-state index < -0.39 is 6.09 Å². The predicted octanol–water partition coefficient (Wildman–Crippen LogP) is 1.27. The van der Waals surface area contributed by atoms with Gasteiger partial charge in [-0.3, -0.25) is 0 Å². The van der Waals surface area contributed by atoms with Gasteiger partial charge in [-0.1, -0.05) is 29.8 Å². The van der Waals surface area contributed by atoms with E-state index in [1.165, 1.54) is 7.05 Å². The number of ether oxygens (including phenoxy) is 1. The number of quaternary nitrogens is 1. The van der Waals surface area contributed by atoms with E-state index in [0.717, 1.165) is 16.2 Å². The highest BCUT2D eigenvalue weighted by atomic mass is 35.5. The number of nitrogens with one attached hydrogen (secondary N) is 2. The van der Waals surface area contributed by atoms with Gasteiger partial charge in [-0.05, 0) is 40.8 Å². The van der Waals surface area contributed by atoms with Crippen molar-refractivity contribution < 1.29 is 14.4 Å². The minimum atomic E-state index is -0.527. The smallest absolute Gasteiger partial charge is 0.410 e. The third kappa shape index (κ3) is 4.07. The molecule has 0 unspecified atom stereocenters. The Kier molecular flexibility index (Phi) is 5.68. The Balaban J connectivity index is 1.97. The summed E-state index contributed by atoms with van der Waals surface area (Å²) in [5.41, 5.74) is 1.69. The molecular formula is C18H20ClN6O2+. The Morgan fingerprint density at radius 1 is 1.19 bits per heavy atom. The second-order valence-electron chi connectivity index (χ2n) is 6.11. The minimum Gasteiger partial charge on any atom is -0.410 e. The van der Waals surface area contributed by atoms with Gasteiger partial charge in [0.05, 0.1) is 24.8 Å². The molecule has 0 saturated heterocycles. The van der Waals surface area contributed by atoms with Gasteiger partial charge in [-0.15, -0.1) is 5.10 Å². The number of benzene rings is 2. The van der Waals surface area contributed by atoms with E-state index in [0.29, 0.717) is 16.6 Å². The summed E-state index contributed by atoms with van der Waals surface area (Å²) in [6.07, 6.45) is -0.527. The highest BCUT2D eigenvalue weighted by Crippen LogP contribution is 2.26. The second-order valence-corrected chi connectivity index (χ2v) is 6.52. The normalized spacial score (nSPS) is 12.0. The number of aromatic nitrogens is 4. The lowest BCUT2D eigenvalue weighted by Crippen LogP contribution is -3.06. The molecule has 0 fully saturated rings. The van der Waals surface area contributed by atoms with Gasteiger partial charge in [0.15, 0.2) is 6.04 Å². The molecule has 0 aliphatic rings. The first kappa shape index (κ1) is 18.8. The number of hydrogen-bond donors (Lipinski definition) is 2. The van der Waals surface area contributed by atoms with E-state index in [2.05, 4.69) is 20.8 Å². The summed E-state index contributed by atoms with van der Waals surface area (Å²) in [7, 11) is 5.54. The van der Waals surface area contributed by atoms with Gasteiger partial charge in [-0.25, -0.2) is 4.79 Å². The standard InChI is InChI=1S/C18H19ClN6O2/c1-20-18(26)27-13-10-8-12(9-11-13)25-17(21-22-23-25)16(24(2)3)14-6-4-5-7-15(14)19/h4-11,16H,1-3H3,(H,20,26)/p+1/t16-/m1/s1. The maximum absolute atomic E-state index is 11.3. The molecule has 1 atom stereocenters. The lowest BCUT2D eigenvalue weighted by molar-refractivity contribution is -0.886. The molecule has 1 aromatic heterocycles. The Hall–Kier alpha value is -2.97. The Morgan fingerprint density at radius 3 is 2.52 bits per heavy atom. The van der Waals surface area contributed by atoms with Gasteiger partial charge in [-0.2, -0.15) is 4.68 Å². The molecule has 0 spiro atoms. The van der Waals surface area contributed by atoms with E-state index in [1.807, 2.05) is 38.4 Å². The molecule has 8 nitrogen and oxygen atoms in total. The summed E-state index contributed by atoms with van der Waals surface area (Å²) < 4.78 is 6.76. The van der Waals surface area contributed by atoms with Crippen LogP contribution in [0, 0.1) is 0 Å². The van der Waals surface area contributed by atoms with Crippen LogP contribution in [0.25, 0.3) is 5.69 Å².